The lowest BCUT2D eigenvalue weighted by Crippen LogP contribution is -2.30. The van der Waals surface area contributed by atoms with E-state index in [2.05, 4.69) is 57.2 Å². The number of ether oxygens (including phenoxy) is 3. The maximum absolute atomic E-state index is 12.9. The van der Waals surface area contributed by atoms with Gasteiger partial charge in [-0.25, -0.2) is 0 Å². The molecule has 6 nitrogen and oxygen atoms in total. The highest BCUT2D eigenvalue weighted by Gasteiger charge is 2.19. The van der Waals surface area contributed by atoms with E-state index in [0.717, 1.165) is 57.8 Å². The molecule has 0 heterocycles. The number of allylic oxidation sites excluding steroid dienone is 6. The van der Waals surface area contributed by atoms with Gasteiger partial charge in [-0.05, 0) is 70.6 Å². The van der Waals surface area contributed by atoms with Gasteiger partial charge in [0.2, 0.25) is 0 Å². The fourth-order valence-electron chi connectivity index (χ4n) is 9.02. The molecule has 404 valence electrons. The van der Waals surface area contributed by atoms with Crippen LogP contribution in [-0.2, 0) is 28.6 Å². The fraction of sp³-hybridized carbons (Fsp3) is 0.857. The van der Waals surface area contributed by atoms with Gasteiger partial charge in [0.15, 0.2) is 6.10 Å². The van der Waals surface area contributed by atoms with Crippen LogP contribution in [0, 0.1) is 0 Å². The normalized spacial score (nSPS) is 12.2. The Kier molecular flexibility index (Phi) is 56.2. The van der Waals surface area contributed by atoms with Gasteiger partial charge in [0, 0.05) is 19.3 Å². The Bertz CT molecular complexity index is 1160. The number of carbonyl (C=O) groups excluding carboxylic acids is 3. The van der Waals surface area contributed by atoms with Gasteiger partial charge in [0.05, 0.1) is 0 Å². The van der Waals surface area contributed by atoms with Crippen LogP contribution in [-0.4, -0.2) is 37.2 Å². The van der Waals surface area contributed by atoms with Crippen molar-refractivity contribution in [2.75, 3.05) is 13.2 Å². The fourth-order valence-corrected chi connectivity index (χ4v) is 9.02. The minimum absolute atomic E-state index is 0.0707. The molecule has 0 rings (SSSR count). The van der Waals surface area contributed by atoms with Crippen LogP contribution in [0.5, 0.6) is 0 Å². The van der Waals surface area contributed by atoms with Crippen LogP contribution in [0.4, 0.5) is 0 Å². The molecule has 0 N–H and O–H groups in total. The van der Waals surface area contributed by atoms with Crippen molar-refractivity contribution in [1.29, 1.82) is 0 Å². The average molecular weight is 970 g/mol. The van der Waals surface area contributed by atoms with Crippen molar-refractivity contribution in [3.63, 3.8) is 0 Å². The molecule has 0 amide bonds. The molecule has 0 saturated carbocycles. The average Bonchev–Trinajstić information content (AvgIpc) is 3.35. The van der Waals surface area contributed by atoms with Gasteiger partial charge in [0.1, 0.15) is 13.2 Å². The van der Waals surface area contributed by atoms with Crippen molar-refractivity contribution in [3.8, 4) is 0 Å². The number of esters is 3. The second-order valence-electron chi connectivity index (χ2n) is 20.6. The predicted molar refractivity (Wildman–Crippen MR) is 298 cm³/mol. The van der Waals surface area contributed by atoms with Crippen LogP contribution in [0.1, 0.15) is 329 Å². The van der Waals surface area contributed by atoms with Gasteiger partial charge in [-0.2, -0.15) is 0 Å². The molecule has 0 aromatic heterocycles. The SMILES string of the molecule is CCCCC/C=C\C=C/CCCCCCCCCCCCC(=O)OCC(COC(=O)CCCCCCCCCCCCCCCCC)OC(=O)CCCCCCCCC/C=C\CCCCCCCC. The summed E-state index contributed by atoms with van der Waals surface area (Å²) in [6.45, 7) is 6.65. The van der Waals surface area contributed by atoms with E-state index >= 15 is 0 Å². The second-order valence-corrected chi connectivity index (χ2v) is 20.6. The van der Waals surface area contributed by atoms with Crippen molar-refractivity contribution in [2.45, 2.75) is 335 Å². The van der Waals surface area contributed by atoms with Crippen LogP contribution in [0.2, 0.25) is 0 Å². The van der Waals surface area contributed by atoms with Crippen LogP contribution in [0.15, 0.2) is 36.5 Å². The van der Waals surface area contributed by atoms with E-state index in [4.69, 9.17) is 14.2 Å². The molecule has 0 aromatic carbocycles. The number of hydrogen-bond donors (Lipinski definition) is 0. The molecule has 0 saturated heterocycles. The first-order valence-corrected chi connectivity index (χ1v) is 30.5. The van der Waals surface area contributed by atoms with E-state index in [1.807, 2.05) is 0 Å². The smallest absolute Gasteiger partial charge is 0.306 e. The monoisotopic (exact) mass is 969 g/mol. The van der Waals surface area contributed by atoms with Gasteiger partial charge in [0.25, 0.3) is 0 Å². The summed E-state index contributed by atoms with van der Waals surface area (Å²) in [5, 5.41) is 0. The standard InChI is InChI=1S/C63H116O6/c1-4-7-10-13-16-19-22-25-28-30-31-33-35-38-41-44-47-50-53-56-62(65)68-59-60(58-67-61(64)55-52-49-46-43-40-37-34-27-24-21-18-15-12-9-6-3)69-63(66)57-54-51-48-45-42-39-36-32-29-26-23-20-17-14-11-8-5-2/h16,19,22,25-26,29,60H,4-15,17-18,20-21,23-24,27-28,30-59H2,1-3H3/b19-16-,25-22-,29-26-. The van der Waals surface area contributed by atoms with Crippen molar-refractivity contribution < 1.29 is 28.6 Å². The summed E-state index contributed by atoms with van der Waals surface area (Å²) in [6.07, 6.45) is 69.9. The molecule has 1 atom stereocenters. The number of rotatable bonds is 56. The quantitative estimate of drug-likeness (QED) is 0.0199. The van der Waals surface area contributed by atoms with Gasteiger partial charge in [-0.1, -0.05) is 276 Å². The molecule has 0 aromatic rings. The van der Waals surface area contributed by atoms with Crippen molar-refractivity contribution >= 4 is 17.9 Å². The zero-order valence-electron chi connectivity index (χ0n) is 46.3. The highest BCUT2D eigenvalue weighted by molar-refractivity contribution is 5.71. The summed E-state index contributed by atoms with van der Waals surface area (Å²) in [4.78, 5) is 38.2. The first-order chi connectivity index (χ1) is 34.0. The Hall–Kier alpha value is -2.37. The Labute approximate surface area is 429 Å². The largest absolute Gasteiger partial charge is 0.462 e. The Morgan fingerprint density at radius 2 is 0.522 bits per heavy atom. The molecular formula is C63H116O6. The molecule has 0 fully saturated rings. The number of hydrogen-bond acceptors (Lipinski definition) is 6. The molecule has 0 bridgehead atoms. The van der Waals surface area contributed by atoms with Gasteiger partial charge >= 0.3 is 17.9 Å². The summed E-state index contributed by atoms with van der Waals surface area (Å²) < 4.78 is 16.9. The summed E-state index contributed by atoms with van der Waals surface area (Å²) in [5.41, 5.74) is 0. The van der Waals surface area contributed by atoms with E-state index in [-0.39, 0.29) is 31.1 Å². The van der Waals surface area contributed by atoms with Gasteiger partial charge in [-0.15, -0.1) is 0 Å². The summed E-state index contributed by atoms with van der Waals surface area (Å²) >= 11 is 0. The van der Waals surface area contributed by atoms with Crippen molar-refractivity contribution in [2.24, 2.45) is 0 Å². The van der Waals surface area contributed by atoms with E-state index in [9.17, 15) is 14.4 Å². The number of carbonyl (C=O) groups is 3. The molecule has 1 unspecified atom stereocenters. The maximum Gasteiger partial charge on any atom is 0.306 e. The molecule has 0 spiro atoms. The van der Waals surface area contributed by atoms with E-state index in [1.54, 1.807) is 0 Å². The molecule has 6 heteroatoms. The molecule has 0 aliphatic rings. The van der Waals surface area contributed by atoms with Gasteiger partial charge < -0.3 is 14.2 Å². The lowest BCUT2D eigenvalue weighted by atomic mass is 10.0. The van der Waals surface area contributed by atoms with Crippen molar-refractivity contribution in [3.05, 3.63) is 36.5 Å². The van der Waals surface area contributed by atoms with Crippen LogP contribution in [0.3, 0.4) is 0 Å². The second kappa shape index (κ2) is 58.2. The Balaban J connectivity index is 4.34. The van der Waals surface area contributed by atoms with E-state index in [0.29, 0.717) is 19.3 Å². The predicted octanol–water partition coefficient (Wildman–Crippen LogP) is 20.4. The molecule has 0 aliphatic carbocycles. The molecule has 0 aliphatic heterocycles. The van der Waals surface area contributed by atoms with Crippen LogP contribution < -0.4 is 0 Å². The lowest BCUT2D eigenvalue weighted by Gasteiger charge is -2.18. The van der Waals surface area contributed by atoms with Crippen LogP contribution in [0.25, 0.3) is 0 Å². The third-order valence-corrected chi connectivity index (χ3v) is 13.6. The zero-order chi connectivity index (χ0) is 50.0. The highest BCUT2D eigenvalue weighted by Crippen LogP contribution is 2.17. The maximum atomic E-state index is 12.9. The first kappa shape index (κ1) is 66.6. The minimum Gasteiger partial charge on any atom is -0.462 e. The minimum atomic E-state index is -0.773. The zero-order valence-corrected chi connectivity index (χ0v) is 46.3. The molecular weight excluding hydrogens is 853 g/mol. The summed E-state index contributed by atoms with van der Waals surface area (Å²) in [7, 11) is 0. The molecule has 69 heavy (non-hydrogen) atoms. The Morgan fingerprint density at radius 3 is 0.841 bits per heavy atom. The van der Waals surface area contributed by atoms with E-state index < -0.39 is 6.10 Å². The third-order valence-electron chi connectivity index (χ3n) is 13.6. The third kappa shape index (κ3) is 56.4. The summed E-state index contributed by atoms with van der Waals surface area (Å²) in [6, 6.07) is 0. The number of unbranched alkanes of at least 4 members (excludes halogenated alkanes) is 40. The Morgan fingerprint density at radius 1 is 0.290 bits per heavy atom. The van der Waals surface area contributed by atoms with E-state index in [1.165, 1.54) is 231 Å². The molecule has 0 radical (unpaired) electrons. The first-order valence-electron chi connectivity index (χ1n) is 30.5. The van der Waals surface area contributed by atoms with Crippen LogP contribution >= 0.6 is 0 Å². The lowest BCUT2D eigenvalue weighted by molar-refractivity contribution is -0.167. The van der Waals surface area contributed by atoms with Gasteiger partial charge in [-0.3, -0.25) is 14.4 Å². The highest BCUT2D eigenvalue weighted by atomic mass is 16.6. The van der Waals surface area contributed by atoms with Crippen molar-refractivity contribution in [1.82, 2.24) is 0 Å². The topological polar surface area (TPSA) is 78.9 Å². The summed E-state index contributed by atoms with van der Waals surface area (Å²) in [5.74, 6) is -0.858.